The summed E-state index contributed by atoms with van der Waals surface area (Å²) < 4.78 is 31.1. The summed E-state index contributed by atoms with van der Waals surface area (Å²) in [4.78, 5) is 4.18. The fraction of sp³-hybridized carbons (Fsp3) is 0.286. The van der Waals surface area contributed by atoms with Crippen LogP contribution in [0.15, 0.2) is 34.8 Å². The average molecular weight is 369 g/mol. The van der Waals surface area contributed by atoms with E-state index in [2.05, 4.69) is 14.8 Å². The van der Waals surface area contributed by atoms with Crippen LogP contribution in [0.3, 0.4) is 0 Å². The van der Waals surface area contributed by atoms with E-state index in [1.807, 2.05) is 6.07 Å². The highest BCUT2D eigenvalue weighted by atomic mass is 35.5. The largest absolute Gasteiger partial charge is 0.250 e. The summed E-state index contributed by atoms with van der Waals surface area (Å²) in [5.41, 5.74) is 0. The molecule has 1 aliphatic heterocycles. The van der Waals surface area contributed by atoms with Crippen molar-refractivity contribution in [1.29, 1.82) is 0 Å². The number of sulfonamides is 1. The molecule has 1 aromatic carbocycles. The van der Waals surface area contributed by atoms with Gasteiger partial charge in [0, 0.05) is 16.3 Å². The molecule has 0 saturated carbocycles. The molecule has 0 unspecified atom stereocenters. The second-order valence-corrected chi connectivity index (χ2v) is 8.87. The second kappa shape index (κ2) is 5.55. The van der Waals surface area contributed by atoms with Crippen molar-refractivity contribution in [3.63, 3.8) is 0 Å². The normalized spacial score (nSPS) is 18.2. The van der Waals surface area contributed by atoms with Crippen LogP contribution in [0.4, 0.5) is 0 Å². The Kier molecular flexibility index (Phi) is 3.64. The third-order valence-corrected chi connectivity index (χ3v) is 7.13. The van der Waals surface area contributed by atoms with Crippen LogP contribution in [0.2, 0.25) is 5.02 Å². The number of rotatable bonds is 3. The molecule has 4 rings (SSSR count). The predicted octanol–water partition coefficient (Wildman–Crippen LogP) is 2.96. The van der Waals surface area contributed by atoms with Gasteiger partial charge in [0.05, 0.1) is 6.04 Å². The Morgan fingerprint density at radius 2 is 2.22 bits per heavy atom. The molecule has 0 radical (unpaired) electrons. The molecule has 1 N–H and O–H groups in total. The maximum absolute atomic E-state index is 12.7. The third kappa shape index (κ3) is 2.76. The fourth-order valence-corrected chi connectivity index (χ4v) is 5.57. The summed E-state index contributed by atoms with van der Waals surface area (Å²) in [6, 6.07) is 6.67. The summed E-state index contributed by atoms with van der Waals surface area (Å²) in [5.74, 6) is 0.670. The topological polar surface area (TPSA) is 76.9 Å². The van der Waals surface area contributed by atoms with E-state index in [0.29, 0.717) is 17.3 Å². The van der Waals surface area contributed by atoms with Crippen molar-refractivity contribution in [2.45, 2.75) is 29.6 Å². The third-order valence-electron chi connectivity index (χ3n) is 3.84. The highest BCUT2D eigenvalue weighted by Crippen LogP contribution is 2.32. The zero-order valence-corrected chi connectivity index (χ0v) is 14.3. The molecule has 2 aromatic heterocycles. The number of aryl methyl sites for hydroxylation is 1. The lowest BCUT2D eigenvalue weighted by Crippen LogP contribution is -2.33. The zero-order valence-electron chi connectivity index (χ0n) is 11.9. The molecule has 120 valence electrons. The quantitative estimate of drug-likeness (QED) is 0.771. The van der Waals surface area contributed by atoms with Crippen molar-refractivity contribution >= 4 is 43.0 Å². The molecule has 0 spiro atoms. The summed E-state index contributed by atoms with van der Waals surface area (Å²) in [5, 5.41) is 5.53. The van der Waals surface area contributed by atoms with E-state index in [-0.39, 0.29) is 10.3 Å². The van der Waals surface area contributed by atoms with E-state index < -0.39 is 10.0 Å². The molecular weight excluding hydrogens is 356 g/mol. The first-order chi connectivity index (χ1) is 11.0. The molecule has 3 heterocycles. The van der Waals surface area contributed by atoms with Gasteiger partial charge in [-0.3, -0.25) is 0 Å². The molecule has 9 heteroatoms. The van der Waals surface area contributed by atoms with Crippen LogP contribution in [-0.2, 0) is 16.6 Å². The van der Waals surface area contributed by atoms with E-state index in [0.717, 1.165) is 23.1 Å². The Morgan fingerprint density at radius 1 is 1.35 bits per heavy atom. The summed E-state index contributed by atoms with van der Waals surface area (Å²) >= 11 is 7.20. The lowest BCUT2D eigenvalue weighted by atomic mass is 10.1. The minimum atomic E-state index is -3.61. The number of aromatic nitrogens is 3. The SMILES string of the molecule is O=S(=O)(N[C@@H]1CCCn2ncnc21)c1cc2cc(Cl)ccc2s1. The first-order valence-corrected chi connectivity index (χ1v) is 9.80. The monoisotopic (exact) mass is 368 g/mol. The van der Waals surface area contributed by atoms with Gasteiger partial charge in [-0.1, -0.05) is 11.6 Å². The number of benzene rings is 1. The van der Waals surface area contributed by atoms with Crippen molar-refractivity contribution in [3.8, 4) is 0 Å². The molecule has 0 saturated heterocycles. The van der Waals surface area contributed by atoms with Gasteiger partial charge in [0.15, 0.2) is 0 Å². The summed E-state index contributed by atoms with van der Waals surface area (Å²) in [7, 11) is -3.61. The van der Waals surface area contributed by atoms with Crippen LogP contribution in [0.25, 0.3) is 10.1 Å². The number of hydrogen-bond acceptors (Lipinski definition) is 5. The van der Waals surface area contributed by atoms with E-state index in [1.165, 1.54) is 17.7 Å². The van der Waals surface area contributed by atoms with Gasteiger partial charge in [0.1, 0.15) is 16.4 Å². The molecule has 0 amide bonds. The van der Waals surface area contributed by atoms with Crippen LogP contribution < -0.4 is 4.72 Å². The number of nitrogens with zero attached hydrogens (tertiary/aromatic N) is 3. The minimum absolute atomic E-state index is 0.284. The van der Waals surface area contributed by atoms with Crippen LogP contribution in [0.1, 0.15) is 24.7 Å². The molecule has 1 atom stereocenters. The van der Waals surface area contributed by atoms with Gasteiger partial charge in [-0.05, 0) is 42.5 Å². The van der Waals surface area contributed by atoms with E-state index >= 15 is 0 Å². The lowest BCUT2D eigenvalue weighted by molar-refractivity contribution is 0.400. The molecule has 0 aliphatic carbocycles. The maximum Gasteiger partial charge on any atom is 0.250 e. The van der Waals surface area contributed by atoms with Gasteiger partial charge >= 0.3 is 0 Å². The van der Waals surface area contributed by atoms with Crippen LogP contribution in [0.5, 0.6) is 0 Å². The lowest BCUT2D eigenvalue weighted by Gasteiger charge is -2.22. The first-order valence-electron chi connectivity index (χ1n) is 7.12. The number of thiophene rings is 1. The van der Waals surface area contributed by atoms with Crippen molar-refractivity contribution in [3.05, 3.63) is 41.4 Å². The Morgan fingerprint density at radius 3 is 3.09 bits per heavy atom. The van der Waals surface area contributed by atoms with Gasteiger partial charge in [-0.25, -0.2) is 18.1 Å². The molecule has 0 bridgehead atoms. The smallest absolute Gasteiger partial charge is 0.248 e. The number of halogens is 1. The van der Waals surface area contributed by atoms with Gasteiger partial charge in [0.25, 0.3) is 10.0 Å². The molecule has 23 heavy (non-hydrogen) atoms. The number of nitrogens with one attached hydrogen (secondary N) is 1. The standard InChI is InChI=1S/C14H13ClN4O2S2/c15-10-3-4-12-9(6-10)7-13(22-12)23(20,21)18-11-2-1-5-19-14(11)16-8-17-19/h3-4,6-8,11,18H,1-2,5H2/t11-/m1/s1. The Hall–Kier alpha value is -1.48. The minimum Gasteiger partial charge on any atom is -0.248 e. The van der Waals surface area contributed by atoms with Crippen molar-refractivity contribution in [2.24, 2.45) is 0 Å². The van der Waals surface area contributed by atoms with Crippen molar-refractivity contribution in [1.82, 2.24) is 19.5 Å². The molecule has 6 nitrogen and oxygen atoms in total. The number of fused-ring (bicyclic) bond motifs is 2. The molecule has 0 fully saturated rings. The first kappa shape index (κ1) is 15.1. The number of hydrogen-bond donors (Lipinski definition) is 1. The summed E-state index contributed by atoms with van der Waals surface area (Å²) in [6.07, 6.45) is 3.05. The van der Waals surface area contributed by atoms with Gasteiger partial charge in [-0.15, -0.1) is 11.3 Å². The van der Waals surface area contributed by atoms with Gasteiger partial charge < -0.3 is 0 Å². The van der Waals surface area contributed by atoms with E-state index in [1.54, 1.807) is 22.9 Å². The van der Waals surface area contributed by atoms with Crippen LogP contribution >= 0.6 is 22.9 Å². The van der Waals surface area contributed by atoms with Gasteiger partial charge in [-0.2, -0.15) is 9.82 Å². The Balaban J connectivity index is 1.68. The zero-order chi connectivity index (χ0) is 16.0. The van der Waals surface area contributed by atoms with Crippen LogP contribution in [-0.4, -0.2) is 23.2 Å². The van der Waals surface area contributed by atoms with E-state index in [4.69, 9.17) is 11.6 Å². The highest BCUT2D eigenvalue weighted by molar-refractivity contribution is 7.91. The van der Waals surface area contributed by atoms with Crippen molar-refractivity contribution in [2.75, 3.05) is 0 Å². The van der Waals surface area contributed by atoms with E-state index in [9.17, 15) is 8.42 Å². The molecule has 3 aromatic rings. The Bertz CT molecular complexity index is 980. The van der Waals surface area contributed by atoms with Gasteiger partial charge in [0.2, 0.25) is 0 Å². The second-order valence-electron chi connectivity index (χ2n) is 5.41. The molecular formula is C14H13ClN4O2S2. The van der Waals surface area contributed by atoms with Crippen molar-refractivity contribution < 1.29 is 8.42 Å². The predicted molar refractivity (Wildman–Crippen MR) is 89.2 cm³/mol. The highest BCUT2D eigenvalue weighted by Gasteiger charge is 2.28. The maximum atomic E-state index is 12.7. The molecule has 1 aliphatic rings. The van der Waals surface area contributed by atoms with Crippen LogP contribution in [0, 0.1) is 0 Å². The fourth-order valence-electron chi connectivity index (χ4n) is 2.77. The average Bonchev–Trinajstić information content (AvgIpc) is 3.13. The summed E-state index contributed by atoms with van der Waals surface area (Å²) in [6.45, 7) is 0.773. The Labute approximate surface area is 142 Å².